The number of hydrogen-bond acceptors (Lipinski definition) is 2. The van der Waals surface area contributed by atoms with Gasteiger partial charge in [-0.05, 0) is 31.4 Å². The Morgan fingerprint density at radius 2 is 2.13 bits per heavy atom. The van der Waals surface area contributed by atoms with E-state index in [0.717, 1.165) is 22.2 Å². The lowest BCUT2D eigenvalue weighted by molar-refractivity contribution is 0.340. The molecule has 1 N–H and O–H groups in total. The van der Waals surface area contributed by atoms with E-state index in [2.05, 4.69) is 4.98 Å². The number of aromatic amines is 1. The number of fused-ring (bicyclic) bond motifs is 1. The first-order valence-corrected chi connectivity index (χ1v) is 4.97. The fourth-order valence-corrected chi connectivity index (χ4v) is 1.67. The molecule has 0 bridgehead atoms. The first-order valence-electron chi connectivity index (χ1n) is 4.97. The quantitative estimate of drug-likeness (QED) is 0.813. The molecule has 0 amide bonds. The molecule has 0 unspecified atom stereocenters. The van der Waals surface area contributed by atoms with Gasteiger partial charge in [-0.3, -0.25) is 4.79 Å². The van der Waals surface area contributed by atoms with Crippen molar-refractivity contribution in [2.24, 2.45) is 0 Å². The largest absolute Gasteiger partial charge is 0.494 e. The number of benzene rings is 1. The number of pyridine rings is 1. The lowest BCUT2D eigenvalue weighted by atomic mass is 10.1. The molecule has 0 aliphatic carbocycles. The first-order chi connectivity index (χ1) is 7.20. The summed E-state index contributed by atoms with van der Waals surface area (Å²) in [5.74, 6) is 0.833. The van der Waals surface area contributed by atoms with E-state index in [9.17, 15) is 4.79 Å². The van der Waals surface area contributed by atoms with Crippen LogP contribution in [-0.4, -0.2) is 11.6 Å². The Hall–Kier alpha value is -1.77. The van der Waals surface area contributed by atoms with Crippen LogP contribution in [0.3, 0.4) is 0 Å². The fourth-order valence-electron chi connectivity index (χ4n) is 1.67. The number of aromatic nitrogens is 1. The van der Waals surface area contributed by atoms with Crippen molar-refractivity contribution >= 4 is 10.8 Å². The van der Waals surface area contributed by atoms with Gasteiger partial charge >= 0.3 is 0 Å². The molecule has 3 nitrogen and oxygen atoms in total. The molecule has 78 valence electrons. The number of H-pyrrole nitrogens is 1. The molecule has 1 heterocycles. The monoisotopic (exact) mass is 203 g/mol. The summed E-state index contributed by atoms with van der Waals surface area (Å²) in [5, 5.41) is 1.97. The summed E-state index contributed by atoms with van der Waals surface area (Å²) in [6, 6.07) is 7.33. The molecule has 3 heteroatoms. The predicted octanol–water partition coefficient (Wildman–Crippen LogP) is 2.24. The molecule has 0 spiro atoms. The zero-order valence-electron chi connectivity index (χ0n) is 8.83. The van der Waals surface area contributed by atoms with Crippen molar-refractivity contribution in [2.75, 3.05) is 6.61 Å². The van der Waals surface area contributed by atoms with Gasteiger partial charge in [-0.15, -0.1) is 0 Å². The topological polar surface area (TPSA) is 42.1 Å². The minimum Gasteiger partial charge on any atom is -0.494 e. The number of aryl methyl sites for hydroxylation is 1. The van der Waals surface area contributed by atoms with Crippen molar-refractivity contribution in [2.45, 2.75) is 13.8 Å². The molecule has 0 aliphatic heterocycles. The van der Waals surface area contributed by atoms with Crippen LogP contribution in [0.5, 0.6) is 5.75 Å². The zero-order valence-corrected chi connectivity index (χ0v) is 8.83. The van der Waals surface area contributed by atoms with Gasteiger partial charge in [0.2, 0.25) is 5.56 Å². The van der Waals surface area contributed by atoms with E-state index in [1.54, 1.807) is 6.07 Å². The van der Waals surface area contributed by atoms with E-state index in [0.29, 0.717) is 6.61 Å². The van der Waals surface area contributed by atoms with E-state index in [4.69, 9.17) is 4.74 Å². The Morgan fingerprint density at radius 1 is 1.33 bits per heavy atom. The minimum atomic E-state index is -0.0656. The van der Waals surface area contributed by atoms with E-state index < -0.39 is 0 Å². The second-order valence-electron chi connectivity index (χ2n) is 3.44. The number of hydrogen-bond donors (Lipinski definition) is 1. The molecule has 15 heavy (non-hydrogen) atoms. The molecule has 2 aromatic rings. The van der Waals surface area contributed by atoms with E-state index in [-0.39, 0.29) is 5.56 Å². The molecular weight excluding hydrogens is 190 g/mol. The SMILES string of the molecule is CCOc1ccc2cc(=O)[nH]c(C)c2c1. The van der Waals surface area contributed by atoms with Gasteiger partial charge in [0, 0.05) is 17.1 Å². The summed E-state index contributed by atoms with van der Waals surface area (Å²) in [5.41, 5.74) is 0.809. The maximum absolute atomic E-state index is 11.2. The number of ether oxygens (including phenoxy) is 1. The first kappa shape index (κ1) is 9.77. The Balaban J connectivity index is 2.66. The molecule has 0 saturated carbocycles. The summed E-state index contributed by atoms with van der Waals surface area (Å²) < 4.78 is 5.41. The molecule has 0 saturated heterocycles. The van der Waals surface area contributed by atoms with Gasteiger partial charge in [0.15, 0.2) is 0 Å². The second-order valence-corrected chi connectivity index (χ2v) is 3.44. The third kappa shape index (κ3) is 1.86. The normalized spacial score (nSPS) is 10.5. The molecule has 0 radical (unpaired) electrons. The molecule has 0 fully saturated rings. The Labute approximate surface area is 87.7 Å². The smallest absolute Gasteiger partial charge is 0.248 e. The summed E-state index contributed by atoms with van der Waals surface area (Å²) in [4.78, 5) is 14.0. The summed E-state index contributed by atoms with van der Waals surface area (Å²) in [6.07, 6.45) is 0. The summed E-state index contributed by atoms with van der Waals surface area (Å²) in [6.45, 7) is 4.48. The summed E-state index contributed by atoms with van der Waals surface area (Å²) >= 11 is 0. The Morgan fingerprint density at radius 3 is 2.87 bits per heavy atom. The predicted molar refractivity (Wildman–Crippen MR) is 60.5 cm³/mol. The van der Waals surface area contributed by atoms with Crippen LogP contribution in [0.4, 0.5) is 0 Å². The average molecular weight is 203 g/mol. The maximum Gasteiger partial charge on any atom is 0.248 e. The highest BCUT2D eigenvalue weighted by molar-refractivity contribution is 5.85. The van der Waals surface area contributed by atoms with Gasteiger partial charge in [-0.25, -0.2) is 0 Å². The van der Waals surface area contributed by atoms with E-state index in [1.807, 2.05) is 32.0 Å². The van der Waals surface area contributed by atoms with Gasteiger partial charge in [0.05, 0.1) is 6.61 Å². The maximum atomic E-state index is 11.2. The third-order valence-corrected chi connectivity index (χ3v) is 2.34. The number of nitrogens with one attached hydrogen (secondary N) is 1. The van der Waals surface area contributed by atoms with Gasteiger partial charge < -0.3 is 9.72 Å². The van der Waals surface area contributed by atoms with Crippen LogP contribution in [0.1, 0.15) is 12.6 Å². The van der Waals surface area contributed by atoms with E-state index in [1.165, 1.54) is 0 Å². The van der Waals surface area contributed by atoms with E-state index >= 15 is 0 Å². The molecule has 1 aromatic carbocycles. The molecule has 0 aliphatic rings. The lowest BCUT2D eigenvalue weighted by Crippen LogP contribution is -2.05. The van der Waals surface area contributed by atoms with Gasteiger partial charge in [-0.2, -0.15) is 0 Å². The van der Waals surface area contributed by atoms with Crippen LogP contribution >= 0.6 is 0 Å². The minimum absolute atomic E-state index is 0.0656. The van der Waals surface area contributed by atoms with Crippen molar-refractivity contribution in [1.29, 1.82) is 0 Å². The zero-order chi connectivity index (χ0) is 10.8. The van der Waals surface area contributed by atoms with Gasteiger partial charge in [0.25, 0.3) is 0 Å². The summed E-state index contributed by atoms with van der Waals surface area (Å²) in [7, 11) is 0. The molecule has 0 atom stereocenters. The highest BCUT2D eigenvalue weighted by Crippen LogP contribution is 2.21. The van der Waals surface area contributed by atoms with Gasteiger partial charge in [0.1, 0.15) is 5.75 Å². The van der Waals surface area contributed by atoms with Crippen LogP contribution in [0.2, 0.25) is 0 Å². The van der Waals surface area contributed by atoms with Crippen molar-refractivity contribution in [3.05, 3.63) is 40.3 Å². The standard InChI is InChI=1S/C12H13NO2/c1-3-15-10-5-4-9-6-12(14)13-8(2)11(9)7-10/h4-7H,3H2,1-2H3,(H,13,14). The molecule has 1 aromatic heterocycles. The third-order valence-electron chi connectivity index (χ3n) is 2.34. The molecular formula is C12H13NO2. The highest BCUT2D eigenvalue weighted by atomic mass is 16.5. The van der Waals surface area contributed by atoms with Crippen LogP contribution < -0.4 is 10.3 Å². The van der Waals surface area contributed by atoms with Gasteiger partial charge in [-0.1, -0.05) is 6.07 Å². The highest BCUT2D eigenvalue weighted by Gasteiger charge is 2.01. The lowest BCUT2D eigenvalue weighted by Gasteiger charge is -2.06. The van der Waals surface area contributed by atoms with Crippen LogP contribution in [0.15, 0.2) is 29.1 Å². The molecule has 2 rings (SSSR count). The van der Waals surface area contributed by atoms with Crippen LogP contribution in [0.25, 0.3) is 10.8 Å². The fraction of sp³-hybridized carbons (Fsp3) is 0.250. The Kier molecular flexibility index (Phi) is 2.46. The van der Waals surface area contributed by atoms with Crippen LogP contribution in [0, 0.1) is 6.92 Å². The van der Waals surface area contributed by atoms with Crippen molar-refractivity contribution in [3.63, 3.8) is 0 Å². The number of rotatable bonds is 2. The Bertz CT molecular complexity index is 543. The van der Waals surface area contributed by atoms with Crippen molar-refractivity contribution in [3.8, 4) is 5.75 Å². The van der Waals surface area contributed by atoms with Crippen molar-refractivity contribution < 1.29 is 4.74 Å². The second kappa shape index (κ2) is 3.77. The average Bonchev–Trinajstić information content (AvgIpc) is 2.19. The van der Waals surface area contributed by atoms with Crippen LogP contribution in [-0.2, 0) is 0 Å². The van der Waals surface area contributed by atoms with Crippen molar-refractivity contribution in [1.82, 2.24) is 4.98 Å².